The van der Waals surface area contributed by atoms with E-state index in [1.165, 1.54) is 17.5 Å². The summed E-state index contributed by atoms with van der Waals surface area (Å²) in [5.74, 6) is 0.990. The summed E-state index contributed by atoms with van der Waals surface area (Å²) in [5, 5.41) is 3.54. The molecule has 120 valence electrons. The Hall–Kier alpha value is -1.06. The second-order valence-corrected chi connectivity index (χ2v) is 6.62. The van der Waals surface area contributed by atoms with Crippen LogP contribution in [0.5, 0.6) is 5.75 Å². The summed E-state index contributed by atoms with van der Waals surface area (Å²) in [4.78, 5) is 2.46. The molecule has 0 spiro atoms. The van der Waals surface area contributed by atoms with Crippen molar-refractivity contribution < 1.29 is 4.74 Å². The van der Waals surface area contributed by atoms with Gasteiger partial charge in [0.1, 0.15) is 5.75 Å². The molecule has 0 heterocycles. The minimum absolute atomic E-state index is 0.137. The van der Waals surface area contributed by atoms with Gasteiger partial charge in [0, 0.05) is 24.2 Å². The van der Waals surface area contributed by atoms with Crippen LogP contribution in [-0.2, 0) is 13.1 Å². The van der Waals surface area contributed by atoms with Crippen molar-refractivity contribution >= 4 is 0 Å². The molecule has 1 N–H and O–H groups in total. The van der Waals surface area contributed by atoms with E-state index in [1.54, 1.807) is 7.11 Å². The van der Waals surface area contributed by atoms with Gasteiger partial charge in [-0.3, -0.25) is 4.90 Å². The molecule has 0 aliphatic rings. The van der Waals surface area contributed by atoms with Gasteiger partial charge in [-0.2, -0.15) is 0 Å². The van der Waals surface area contributed by atoms with Crippen molar-refractivity contribution in [2.24, 2.45) is 0 Å². The molecule has 3 nitrogen and oxygen atoms in total. The van der Waals surface area contributed by atoms with E-state index in [9.17, 15) is 0 Å². The van der Waals surface area contributed by atoms with Crippen molar-refractivity contribution in [2.45, 2.75) is 59.7 Å². The predicted molar refractivity (Wildman–Crippen MR) is 90.8 cm³/mol. The molecular weight excluding hydrogens is 260 g/mol. The van der Waals surface area contributed by atoms with Gasteiger partial charge in [0.25, 0.3) is 0 Å². The summed E-state index contributed by atoms with van der Waals surface area (Å²) < 4.78 is 5.52. The Bertz CT molecular complexity index is 424. The summed E-state index contributed by atoms with van der Waals surface area (Å²) in [6.45, 7) is 15.1. The summed E-state index contributed by atoms with van der Waals surface area (Å²) in [6.07, 6.45) is 1.18. The second-order valence-electron chi connectivity index (χ2n) is 6.62. The van der Waals surface area contributed by atoms with E-state index in [0.29, 0.717) is 0 Å². The van der Waals surface area contributed by atoms with Crippen LogP contribution in [0.1, 0.15) is 52.2 Å². The fourth-order valence-corrected chi connectivity index (χ4v) is 2.34. The number of benzene rings is 1. The quantitative estimate of drug-likeness (QED) is 0.788. The third-order valence-electron chi connectivity index (χ3n) is 3.55. The van der Waals surface area contributed by atoms with Crippen LogP contribution in [0.25, 0.3) is 0 Å². The zero-order valence-corrected chi connectivity index (χ0v) is 14.6. The second kappa shape index (κ2) is 8.40. The molecule has 1 aromatic rings. The van der Waals surface area contributed by atoms with Crippen LogP contribution in [-0.4, -0.2) is 30.6 Å². The largest absolute Gasteiger partial charge is 0.496 e. The molecule has 0 bridgehead atoms. The van der Waals surface area contributed by atoms with Crippen molar-refractivity contribution in [1.29, 1.82) is 0 Å². The summed E-state index contributed by atoms with van der Waals surface area (Å²) in [6, 6.07) is 6.52. The van der Waals surface area contributed by atoms with Gasteiger partial charge in [0.2, 0.25) is 0 Å². The number of methoxy groups -OCH3 is 1. The smallest absolute Gasteiger partial charge is 0.123 e. The van der Waals surface area contributed by atoms with Crippen molar-refractivity contribution in [3.8, 4) is 5.75 Å². The fraction of sp³-hybridized carbons (Fsp3) is 0.667. The first-order valence-electron chi connectivity index (χ1n) is 8.02. The lowest BCUT2D eigenvalue weighted by Gasteiger charge is -2.23. The fourth-order valence-electron chi connectivity index (χ4n) is 2.34. The van der Waals surface area contributed by atoms with E-state index in [0.717, 1.165) is 31.9 Å². The molecule has 0 aromatic heterocycles. The number of nitrogens with one attached hydrogen (secondary N) is 1. The molecule has 1 rings (SSSR count). The monoisotopic (exact) mass is 292 g/mol. The molecule has 0 radical (unpaired) electrons. The van der Waals surface area contributed by atoms with E-state index >= 15 is 0 Å². The lowest BCUT2D eigenvalue weighted by Crippen LogP contribution is -2.35. The first-order valence-corrected chi connectivity index (χ1v) is 8.02. The Balaban J connectivity index is 2.84. The van der Waals surface area contributed by atoms with Crippen LogP contribution < -0.4 is 10.1 Å². The highest BCUT2D eigenvalue weighted by Crippen LogP contribution is 2.22. The van der Waals surface area contributed by atoms with Gasteiger partial charge in [0.05, 0.1) is 7.11 Å². The third kappa shape index (κ3) is 6.49. The zero-order valence-electron chi connectivity index (χ0n) is 14.6. The number of rotatable bonds is 8. The molecular formula is C18H32N2O. The molecule has 0 atom stereocenters. The first kappa shape index (κ1) is 18.0. The minimum Gasteiger partial charge on any atom is -0.496 e. The van der Waals surface area contributed by atoms with Gasteiger partial charge in [-0.25, -0.2) is 0 Å². The van der Waals surface area contributed by atoms with Gasteiger partial charge in [-0.1, -0.05) is 19.9 Å². The van der Waals surface area contributed by atoms with Crippen LogP contribution >= 0.6 is 0 Å². The highest BCUT2D eigenvalue weighted by Gasteiger charge is 2.11. The maximum atomic E-state index is 5.52. The summed E-state index contributed by atoms with van der Waals surface area (Å²) in [5.41, 5.74) is 2.73. The topological polar surface area (TPSA) is 24.5 Å². The lowest BCUT2D eigenvalue weighted by atomic mass is 10.1. The predicted octanol–water partition coefficient (Wildman–Crippen LogP) is 3.82. The van der Waals surface area contributed by atoms with Crippen LogP contribution in [0.3, 0.4) is 0 Å². The Morgan fingerprint density at radius 1 is 1.19 bits per heavy atom. The van der Waals surface area contributed by atoms with Gasteiger partial charge in [0.15, 0.2) is 0 Å². The molecule has 3 heteroatoms. The number of hydrogen-bond acceptors (Lipinski definition) is 3. The molecule has 0 saturated heterocycles. The number of hydrogen-bond donors (Lipinski definition) is 1. The van der Waals surface area contributed by atoms with E-state index in [1.807, 2.05) is 0 Å². The minimum atomic E-state index is 0.137. The number of nitrogens with zero attached hydrogens (tertiary/aromatic N) is 1. The van der Waals surface area contributed by atoms with Crippen LogP contribution in [0.4, 0.5) is 0 Å². The van der Waals surface area contributed by atoms with Gasteiger partial charge in [-0.15, -0.1) is 0 Å². The molecule has 0 fully saturated rings. The Labute approximate surface area is 130 Å². The van der Waals surface area contributed by atoms with Crippen molar-refractivity contribution in [2.75, 3.05) is 20.2 Å². The molecule has 0 aliphatic heterocycles. The molecule has 0 saturated carbocycles. The maximum absolute atomic E-state index is 5.52. The normalized spacial score (nSPS) is 12.0. The van der Waals surface area contributed by atoms with E-state index in [4.69, 9.17) is 4.74 Å². The molecule has 0 aliphatic carbocycles. The number of ether oxygens (including phenoxy) is 1. The van der Waals surface area contributed by atoms with Crippen molar-refractivity contribution in [1.82, 2.24) is 10.2 Å². The Morgan fingerprint density at radius 3 is 2.43 bits per heavy atom. The molecule has 21 heavy (non-hydrogen) atoms. The first-order chi connectivity index (χ1) is 9.89. The van der Waals surface area contributed by atoms with Gasteiger partial charge in [-0.05, 0) is 58.0 Å². The van der Waals surface area contributed by atoms with Gasteiger partial charge < -0.3 is 10.1 Å². The molecule has 0 unspecified atom stereocenters. The third-order valence-corrected chi connectivity index (χ3v) is 3.55. The van der Waals surface area contributed by atoms with Crippen LogP contribution in [0, 0.1) is 0 Å². The average Bonchev–Trinajstić information content (AvgIpc) is 2.44. The molecule has 0 amide bonds. The molecule has 1 aromatic carbocycles. The van der Waals surface area contributed by atoms with Crippen molar-refractivity contribution in [3.05, 3.63) is 29.3 Å². The highest BCUT2D eigenvalue weighted by atomic mass is 16.5. The van der Waals surface area contributed by atoms with Crippen molar-refractivity contribution in [3.63, 3.8) is 0 Å². The van der Waals surface area contributed by atoms with Gasteiger partial charge >= 0.3 is 0 Å². The Kier molecular flexibility index (Phi) is 7.20. The summed E-state index contributed by atoms with van der Waals surface area (Å²) in [7, 11) is 1.75. The average molecular weight is 292 g/mol. The summed E-state index contributed by atoms with van der Waals surface area (Å²) >= 11 is 0. The van der Waals surface area contributed by atoms with Crippen LogP contribution in [0.15, 0.2) is 18.2 Å². The van der Waals surface area contributed by atoms with E-state index < -0.39 is 0 Å². The highest BCUT2D eigenvalue weighted by molar-refractivity contribution is 5.37. The van der Waals surface area contributed by atoms with E-state index in [2.05, 4.69) is 63.0 Å². The van der Waals surface area contributed by atoms with E-state index in [-0.39, 0.29) is 5.54 Å². The maximum Gasteiger partial charge on any atom is 0.123 e. The standard InChI is InChI=1S/C18H32N2O/c1-7-11-20(8-2)14-16-12-15(9-10-17(16)21-6)13-19-18(3,4)5/h9-10,12,19H,7-8,11,13-14H2,1-6H3. The lowest BCUT2D eigenvalue weighted by molar-refractivity contribution is 0.275. The SMILES string of the molecule is CCCN(CC)Cc1cc(CNC(C)(C)C)ccc1OC. The zero-order chi connectivity index (χ0) is 15.9. The Morgan fingerprint density at radius 2 is 1.90 bits per heavy atom. The van der Waals surface area contributed by atoms with Crippen LogP contribution in [0.2, 0.25) is 0 Å².